The summed E-state index contributed by atoms with van der Waals surface area (Å²) in [5.74, 6) is -0.634. The van der Waals surface area contributed by atoms with Crippen molar-refractivity contribution in [2.45, 2.75) is 82.4 Å². The van der Waals surface area contributed by atoms with E-state index in [1.54, 1.807) is 30.3 Å². The smallest absolute Gasteiger partial charge is 0.262 e. The Morgan fingerprint density at radius 2 is 1.66 bits per heavy atom. The first-order valence-corrected chi connectivity index (χ1v) is 21.0. The van der Waals surface area contributed by atoms with Crippen LogP contribution in [0.4, 0.5) is 5.69 Å². The first-order valence-electron chi connectivity index (χ1n) is 20.6. The molecule has 13 nitrogen and oxygen atoms in total. The normalized spacial score (nSPS) is 26.9. The van der Waals surface area contributed by atoms with Crippen molar-refractivity contribution < 1.29 is 28.7 Å². The van der Waals surface area contributed by atoms with Crippen LogP contribution in [0.1, 0.15) is 91.0 Å². The second-order valence-electron chi connectivity index (χ2n) is 16.8. The summed E-state index contributed by atoms with van der Waals surface area (Å²) in [5, 5.41) is 15.1. The summed E-state index contributed by atoms with van der Waals surface area (Å²) in [6.07, 6.45) is 12.9. The van der Waals surface area contributed by atoms with Gasteiger partial charge in [-0.15, -0.1) is 0 Å². The lowest BCUT2D eigenvalue weighted by Crippen LogP contribution is -2.54. The topological polar surface area (TPSA) is 155 Å². The third kappa shape index (κ3) is 8.36. The van der Waals surface area contributed by atoms with Crippen molar-refractivity contribution in [1.82, 2.24) is 25.3 Å². The number of amides is 5. The third-order valence-corrected chi connectivity index (χ3v) is 13.1. The number of halogens is 1. The van der Waals surface area contributed by atoms with Gasteiger partial charge in [0.15, 0.2) is 0 Å². The molecule has 14 heteroatoms. The molecular weight excluding hydrogens is 758 g/mol. The van der Waals surface area contributed by atoms with E-state index in [0.717, 1.165) is 101 Å². The zero-order valence-corrected chi connectivity index (χ0v) is 33.6. The Morgan fingerprint density at radius 3 is 2.33 bits per heavy atom. The van der Waals surface area contributed by atoms with Gasteiger partial charge in [-0.3, -0.25) is 39.1 Å². The molecule has 2 N–H and O–H groups in total. The summed E-state index contributed by atoms with van der Waals surface area (Å²) < 4.78 is 6.12. The molecule has 0 radical (unpaired) electrons. The second-order valence-corrected chi connectivity index (χ2v) is 17.2. The summed E-state index contributed by atoms with van der Waals surface area (Å²) in [6, 6.07) is 11.6. The number of benzene rings is 2. The average Bonchev–Trinajstić information content (AvgIpc) is 3.47. The summed E-state index contributed by atoms with van der Waals surface area (Å²) >= 11 is 6.17. The van der Waals surface area contributed by atoms with E-state index in [1.165, 1.54) is 5.70 Å². The Hall–Kier alpha value is -5.19. The molecule has 2 aromatic rings. The van der Waals surface area contributed by atoms with Crippen molar-refractivity contribution in [3.63, 3.8) is 0 Å². The number of likely N-dealkylation sites (tertiary alicyclic amines) is 1. The lowest BCUT2D eigenvalue weighted by Gasteiger charge is -2.41. The molecule has 58 heavy (non-hydrogen) atoms. The van der Waals surface area contributed by atoms with E-state index in [0.29, 0.717) is 33.4 Å². The molecule has 0 aromatic heterocycles. The van der Waals surface area contributed by atoms with Crippen LogP contribution >= 0.6 is 11.6 Å². The molecule has 0 spiro atoms. The average molecular weight is 808 g/mol. The summed E-state index contributed by atoms with van der Waals surface area (Å²) in [5.41, 5.74) is 2.74. The van der Waals surface area contributed by atoms with Crippen LogP contribution < -0.4 is 20.3 Å². The van der Waals surface area contributed by atoms with Crippen LogP contribution in [-0.4, -0.2) is 108 Å². The number of carbonyl (C=O) groups excluding carboxylic acids is 5. The van der Waals surface area contributed by atoms with Gasteiger partial charge in [-0.05, 0) is 101 Å². The number of rotatable bonds is 9. The summed E-state index contributed by atoms with van der Waals surface area (Å²) in [7, 11) is 0. The highest BCUT2D eigenvalue weighted by Crippen LogP contribution is 2.34. The van der Waals surface area contributed by atoms with Gasteiger partial charge in [-0.2, -0.15) is 5.26 Å². The zero-order valence-electron chi connectivity index (χ0n) is 32.9. The maximum atomic E-state index is 13.3. The number of ether oxygens (including phenoxy) is 1. The monoisotopic (exact) mass is 807 g/mol. The van der Waals surface area contributed by atoms with Crippen molar-refractivity contribution in [2.24, 2.45) is 11.8 Å². The van der Waals surface area contributed by atoms with Crippen molar-refractivity contribution in [3.8, 4) is 11.8 Å². The molecular formula is C44H50ClN7O6. The molecule has 2 atom stereocenters. The zero-order chi connectivity index (χ0) is 40.6. The number of anilines is 1. The fourth-order valence-corrected chi connectivity index (χ4v) is 9.52. The number of nitriles is 1. The quantitative estimate of drug-likeness (QED) is 0.338. The first-order chi connectivity index (χ1) is 28.0. The molecule has 8 rings (SSSR count). The van der Waals surface area contributed by atoms with Gasteiger partial charge < -0.3 is 19.9 Å². The Bertz CT molecular complexity index is 2090. The molecule has 0 bridgehead atoms. The van der Waals surface area contributed by atoms with Crippen molar-refractivity contribution in [1.29, 1.82) is 5.26 Å². The Morgan fingerprint density at radius 1 is 0.914 bits per heavy atom. The van der Waals surface area contributed by atoms with Gasteiger partial charge in [-0.1, -0.05) is 23.8 Å². The number of nitrogens with zero attached hydrogens (tertiary/aromatic N) is 5. The standard InChI is InChI=1S/C44H50ClN7O6/c1-44(48-40(54)29-2-6-33(7-3-29)58-34-8-4-30(26-46)37(45)25-34)16-12-31(13-17-44)50-18-14-28(15-19-50)27-49-20-22-51(23-21-49)32-5-9-35-36(24-32)43(57)52(42(35)56)38-10-11-39(53)47-41(38)55/h4-5,8-9,12-13,16,24-25,28-29,33,38H,2-3,6-7,10-11,14-15,17-23,27H2,1H3,(H,48,54)(H,47,53,55)/t29-,33-,38?,44?. The Kier molecular flexibility index (Phi) is 11.3. The Labute approximate surface area is 344 Å². The lowest BCUT2D eigenvalue weighted by molar-refractivity contribution is -0.136. The molecule has 4 aliphatic heterocycles. The minimum Gasteiger partial charge on any atom is -0.490 e. The summed E-state index contributed by atoms with van der Waals surface area (Å²) in [4.78, 5) is 72.1. The van der Waals surface area contributed by atoms with Crippen molar-refractivity contribution >= 4 is 46.8 Å². The molecule has 4 fully saturated rings. The molecule has 1 saturated carbocycles. The van der Waals surface area contributed by atoms with E-state index in [9.17, 15) is 24.0 Å². The van der Waals surface area contributed by atoms with Gasteiger partial charge in [0.2, 0.25) is 17.7 Å². The largest absolute Gasteiger partial charge is 0.490 e. The predicted molar refractivity (Wildman–Crippen MR) is 217 cm³/mol. The molecule has 2 aliphatic carbocycles. The van der Waals surface area contributed by atoms with Crippen LogP contribution in [0.3, 0.4) is 0 Å². The maximum absolute atomic E-state index is 13.3. The number of piperidine rings is 2. The van der Waals surface area contributed by atoms with Gasteiger partial charge in [0.1, 0.15) is 17.9 Å². The third-order valence-electron chi connectivity index (χ3n) is 12.8. The number of hydrogen-bond donors (Lipinski definition) is 2. The van der Waals surface area contributed by atoms with E-state index in [1.807, 2.05) is 6.07 Å². The van der Waals surface area contributed by atoms with Gasteiger partial charge in [0, 0.05) is 75.6 Å². The highest BCUT2D eigenvalue weighted by molar-refractivity contribution is 6.31. The summed E-state index contributed by atoms with van der Waals surface area (Å²) in [6.45, 7) is 8.60. The maximum Gasteiger partial charge on any atom is 0.262 e. The van der Waals surface area contributed by atoms with Crippen molar-refractivity contribution in [2.75, 3.05) is 50.7 Å². The number of nitrogens with one attached hydrogen (secondary N) is 2. The fraction of sp³-hybridized carbons (Fsp3) is 0.500. The van der Waals surface area contributed by atoms with Gasteiger partial charge in [-0.25, -0.2) is 0 Å². The molecule has 3 saturated heterocycles. The van der Waals surface area contributed by atoms with Crippen LogP contribution in [-0.2, 0) is 14.4 Å². The highest BCUT2D eigenvalue weighted by atomic mass is 35.5. The number of piperazine rings is 1. The molecule has 2 aromatic carbocycles. The van der Waals surface area contributed by atoms with E-state index in [-0.39, 0.29) is 36.7 Å². The van der Waals surface area contributed by atoms with Gasteiger partial charge in [0.25, 0.3) is 11.8 Å². The number of fused-ring (bicyclic) bond motifs is 1. The van der Waals surface area contributed by atoms with E-state index < -0.39 is 29.3 Å². The van der Waals surface area contributed by atoms with Gasteiger partial charge in [0.05, 0.1) is 33.4 Å². The number of imide groups is 2. The molecule has 304 valence electrons. The fourth-order valence-electron chi connectivity index (χ4n) is 9.31. The Balaban J connectivity index is 0.748. The molecule has 5 amide bonds. The number of carbonyl (C=O) groups is 5. The SMILES string of the molecule is CC1(NC(=O)[C@H]2CC[C@H](Oc3ccc(C#N)c(Cl)c3)CC2)C=CC(N2CCC(CN3CCN(c4ccc5c(c4)C(=O)N(C4CCC(=O)NC4=O)C5=O)CC3)CC2)=CC1. The minimum absolute atomic E-state index is 0.0206. The lowest BCUT2D eigenvalue weighted by atomic mass is 9.85. The van der Waals surface area contributed by atoms with Crippen LogP contribution in [0, 0.1) is 23.2 Å². The van der Waals surface area contributed by atoms with Crippen LogP contribution in [0.5, 0.6) is 5.75 Å². The van der Waals surface area contributed by atoms with E-state index in [4.69, 9.17) is 21.6 Å². The van der Waals surface area contributed by atoms with Gasteiger partial charge >= 0.3 is 0 Å². The molecule has 6 aliphatic rings. The molecule has 2 unspecified atom stereocenters. The van der Waals surface area contributed by atoms with E-state index >= 15 is 0 Å². The minimum atomic E-state index is -0.969. The van der Waals surface area contributed by atoms with E-state index in [2.05, 4.69) is 56.6 Å². The van der Waals surface area contributed by atoms with Crippen LogP contribution in [0.25, 0.3) is 0 Å². The van der Waals surface area contributed by atoms with Crippen LogP contribution in [0.15, 0.2) is 60.3 Å². The number of allylic oxidation sites excluding steroid dienone is 1. The second kappa shape index (κ2) is 16.6. The predicted octanol–water partition coefficient (Wildman–Crippen LogP) is 4.80. The highest BCUT2D eigenvalue weighted by Gasteiger charge is 2.45. The molecule has 4 heterocycles. The first kappa shape index (κ1) is 39.6. The number of hydrogen-bond acceptors (Lipinski definition) is 10. The van der Waals surface area contributed by atoms with Crippen molar-refractivity contribution in [3.05, 3.63) is 82.0 Å². The van der Waals surface area contributed by atoms with Crippen LogP contribution in [0.2, 0.25) is 5.02 Å².